The van der Waals surface area contributed by atoms with E-state index in [-0.39, 0.29) is 0 Å². The first-order chi connectivity index (χ1) is 5.97. The number of allylic oxidation sites excluding steroid dienone is 2. The lowest BCUT2D eigenvalue weighted by molar-refractivity contribution is 0.652. The fourth-order valence-corrected chi connectivity index (χ4v) is 1.69. The Labute approximate surface area is 73.1 Å². The fraction of sp³-hybridized carbons (Fsp3) is 0.364. The quantitative estimate of drug-likeness (QED) is 0.574. The Hall–Kier alpha value is -1.11. The lowest BCUT2D eigenvalue weighted by Crippen LogP contribution is -1.99. The van der Waals surface area contributed by atoms with Gasteiger partial charge in [0.05, 0.1) is 0 Å². The second kappa shape index (κ2) is 3.53. The van der Waals surface area contributed by atoms with Crippen LogP contribution in [0.15, 0.2) is 36.7 Å². The normalized spacial score (nSPS) is 22.5. The van der Waals surface area contributed by atoms with Crippen molar-refractivity contribution >= 4 is 0 Å². The molecule has 0 aliphatic heterocycles. The van der Waals surface area contributed by atoms with Gasteiger partial charge >= 0.3 is 0 Å². The third-order valence-corrected chi connectivity index (χ3v) is 2.37. The molecule has 1 heterocycles. The second-order valence-electron chi connectivity index (χ2n) is 3.25. The van der Waals surface area contributed by atoms with Crippen molar-refractivity contribution in [2.75, 3.05) is 0 Å². The van der Waals surface area contributed by atoms with E-state index in [1.807, 2.05) is 18.5 Å². The second-order valence-corrected chi connectivity index (χ2v) is 3.25. The predicted molar refractivity (Wildman–Crippen MR) is 50.0 cm³/mol. The van der Waals surface area contributed by atoms with Crippen LogP contribution in [0.5, 0.6) is 0 Å². The highest BCUT2D eigenvalue weighted by molar-refractivity contribution is 5.21. The Kier molecular flexibility index (Phi) is 2.21. The topological polar surface area (TPSA) is 12.9 Å². The number of pyridine rings is 1. The van der Waals surface area contributed by atoms with Crippen molar-refractivity contribution in [3.05, 3.63) is 42.2 Å². The summed E-state index contributed by atoms with van der Waals surface area (Å²) in [5, 5.41) is 0. The molecule has 1 heteroatoms. The van der Waals surface area contributed by atoms with Gasteiger partial charge in [-0.1, -0.05) is 18.2 Å². The van der Waals surface area contributed by atoms with Crippen LogP contribution in [0.2, 0.25) is 0 Å². The number of nitrogens with zero attached hydrogens (tertiary/aromatic N) is 1. The molecule has 1 aliphatic carbocycles. The number of hydrogen-bond acceptors (Lipinski definition) is 1. The molecule has 0 amide bonds. The molecule has 0 fully saturated rings. The van der Waals surface area contributed by atoms with Crippen LogP contribution < -0.4 is 0 Å². The van der Waals surface area contributed by atoms with Crippen LogP contribution in [0.25, 0.3) is 0 Å². The van der Waals surface area contributed by atoms with E-state index in [1.54, 1.807) is 0 Å². The van der Waals surface area contributed by atoms with Gasteiger partial charge in [-0.2, -0.15) is 0 Å². The molecule has 0 unspecified atom stereocenters. The molecule has 0 saturated heterocycles. The number of hydrogen-bond donors (Lipinski definition) is 0. The van der Waals surface area contributed by atoms with Gasteiger partial charge in [0.2, 0.25) is 0 Å². The molecular weight excluding hydrogens is 146 g/mol. The minimum absolute atomic E-state index is 0.618. The van der Waals surface area contributed by atoms with Crippen molar-refractivity contribution in [2.24, 2.45) is 0 Å². The first-order valence-corrected chi connectivity index (χ1v) is 4.53. The Morgan fingerprint density at radius 2 is 2.42 bits per heavy atom. The third kappa shape index (κ3) is 1.55. The van der Waals surface area contributed by atoms with E-state index < -0.39 is 0 Å². The molecule has 0 saturated carbocycles. The monoisotopic (exact) mass is 159 g/mol. The summed E-state index contributed by atoms with van der Waals surface area (Å²) in [4.78, 5) is 4.13. The standard InChI is InChI=1S/C11H13N/c1-2-5-10(6-3-1)11-7-4-8-12-9-11/h2,4-5,7-10H,1,3,6H2/t10-/m1/s1. The molecule has 0 spiro atoms. The Morgan fingerprint density at radius 3 is 3.08 bits per heavy atom. The van der Waals surface area contributed by atoms with Gasteiger partial charge in [0.1, 0.15) is 0 Å². The maximum Gasteiger partial charge on any atom is 0.0305 e. The maximum atomic E-state index is 4.13. The van der Waals surface area contributed by atoms with E-state index in [4.69, 9.17) is 0 Å². The number of rotatable bonds is 1. The van der Waals surface area contributed by atoms with Crippen molar-refractivity contribution in [1.29, 1.82) is 0 Å². The number of aromatic nitrogens is 1. The summed E-state index contributed by atoms with van der Waals surface area (Å²) >= 11 is 0. The van der Waals surface area contributed by atoms with Gasteiger partial charge in [-0.25, -0.2) is 0 Å². The molecular formula is C11H13N. The van der Waals surface area contributed by atoms with Crippen molar-refractivity contribution in [1.82, 2.24) is 4.98 Å². The van der Waals surface area contributed by atoms with Crippen LogP contribution >= 0.6 is 0 Å². The lowest BCUT2D eigenvalue weighted by atomic mass is 9.90. The molecule has 2 rings (SSSR count). The van der Waals surface area contributed by atoms with E-state index in [2.05, 4.69) is 23.2 Å². The van der Waals surface area contributed by atoms with Crippen LogP contribution in [0.3, 0.4) is 0 Å². The first kappa shape index (κ1) is 7.53. The minimum atomic E-state index is 0.618. The van der Waals surface area contributed by atoms with E-state index in [0.717, 1.165) is 0 Å². The summed E-state index contributed by atoms with van der Waals surface area (Å²) < 4.78 is 0. The SMILES string of the molecule is C1=C[C@@H](c2cccnc2)CCC1. The van der Waals surface area contributed by atoms with Crippen molar-refractivity contribution in [3.63, 3.8) is 0 Å². The summed E-state index contributed by atoms with van der Waals surface area (Å²) in [6, 6.07) is 4.17. The Morgan fingerprint density at radius 1 is 1.42 bits per heavy atom. The highest BCUT2D eigenvalue weighted by Crippen LogP contribution is 2.26. The third-order valence-electron chi connectivity index (χ3n) is 2.37. The molecule has 0 aromatic carbocycles. The van der Waals surface area contributed by atoms with E-state index in [9.17, 15) is 0 Å². The van der Waals surface area contributed by atoms with Crippen LogP contribution in [-0.4, -0.2) is 4.98 Å². The van der Waals surface area contributed by atoms with Crippen LogP contribution in [-0.2, 0) is 0 Å². The van der Waals surface area contributed by atoms with Gasteiger partial charge in [-0.3, -0.25) is 4.98 Å². The van der Waals surface area contributed by atoms with Gasteiger partial charge in [0.25, 0.3) is 0 Å². The average Bonchev–Trinajstić information content (AvgIpc) is 2.21. The molecule has 62 valence electrons. The molecule has 12 heavy (non-hydrogen) atoms. The molecule has 1 nitrogen and oxygen atoms in total. The Bertz CT molecular complexity index is 264. The summed E-state index contributed by atoms with van der Waals surface area (Å²) in [5.74, 6) is 0.618. The first-order valence-electron chi connectivity index (χ1n) is 4.53. The maximum absolute atomic E-state index is 4.13. The highest BCUT2D eigenvalue weighted by atomic mass is 14.6. The summed E-state index contributed by atoms with van der Waals surface area (Å²) in [7, 11) is 0. The molecule has 0 N–H and O–H groups in total. The molecule has 1 atom stereocenters. The van der Waals surface area contributed by atoms with Gasteiger partial charge in [-0.15, -0.1) is 0 Å². The molecule has 0 radical (unpaired) electrons. The fourth-order valence-electron chi connectivity index (χ4n) is 1.69. The Balaban J connectivity index is 2.19. The van der Waals surface area contributed by atoms with Gasteiger partial charge in [0, 0.05) is 18.3 Å². The molecule has 0 bridgehead atoms. The zero-order valence-electron chi connectivity index (χ0n) is 7.11. The molecule has 1 aromatic rings. The van der Waals surface area contributed by atoms with Gasteiger partial charge in [0.15, 0.2) is 0 Å². The summed E-state index contributed by atoms with van der Waals surface area (Å²) in [6.45, 7) is 0. The highest BCUT2D eigenvalue weighted by Gasteiger charge is 2.09. The average molecular weight is 159 g/mol. The van der Waals surface area contributed by atoms with Crippen molar-refractivity contribution in [2.45, 2.75) is 25.2 Å². The predicted octanol–water partition coefficient (Wildman–Crippen LogP) is 2.91. The van der Waals surface area contributed by atoms with E-state index in [0.29, 0.717) is 5.92 Å². The van der Waals surface area contributed by atoms with Crippen molar-refractivity contribution < 1.29 is 0 Å². The smallest absolute Gasteiger partial charge is 0.0305 e. The van der Waals surface area contributed by atoms with Gasteiger partial charge in [-0.05, 0) is 30.9 Å². The summed E-state index contributed by atoms with van der Waals surface area (Å²) in [6.07, 6.45) is 12.2. The minimum Gasteiger partial charge on any atom is -0.264 e. The van der Waals surface area contributed by atoms with Gasteiger partial charge < -0.3 is 0 Å². The van der Waals surface area contributed by atoms with Crippen LogP contribution in [0.4, 0.5) is 0 Å². The molecule has 1 aromatic heterocycles. The van der Waals surface area contributed by atoms with Crippen LogP contribution in [0.1, 0.15) is 30.7 Å². The largest absolute Gasteiger partial charge is 0.264 e. The zero-order valence-corrected chi connectivity index (χ0v) is 7.11. The van der Waals surface area contributed by atoms with Crippen LogP contribution in [0, 0.1) is 0 Å². The van der Waals surface area contributed by atoms with Crippen molar-refractivity contribution in [3.8, 4) is 0 Å². The zero-order chi connectivity index (χ0) is 8.23. The van der Waals surface area contributed by atoms with E-state index >= 15 is 0 Å². The lowest BCUT2D eigenvalue weighted by Gasteiger charge is -2.15. The molecule has 1 aliphatic rings. The van der Waals surface area contributed by atoms with E-state index in [1.165, 1.54) is 24.8 Å². The summed E-state index contributed by atoms with van der Waals surface area (Å²) in [5.41, 5.74) is 1.36.